The first-order chi connectivity index (χ1) is 13.6. The summed E-state index contributed by atoms with van der Waals surface area (Å²) in [6.07, 6.45) is 3.48. The van der Waals surface area contributed by atoms with Crippen LogP contribution in [0.4, 0.5) is 0 Å². The topological polar surface area (TPSA) is 63.2 Å². The van der Waals surface area contributed by atoms with E-state index in [0.29, 0.717) is 0 Å². The number of hydrogen-bond acceptors (Lipinski definition) is 4. The first kappa shape index (κ1) is 20.9. The van der Waals surface area contributed by atoms with E-state index in [1.54, 1.807) is 0 Å². The predicted octanol–water partition coefficient (Wildman–Crippen LogP) is 2.85. The highest BCUT2D eigenvalue weighted by atomic mass is 35.5. The number of ether oxygens (including phenoxy) is 2. The number of piperidine rings is 1. The second kappa shape index (κ2) is 9.61. The van der Waals surface area contributed by atoms with Crippen LogP contribution in [-0.4, -0.2) is 63.8 Å². The highest BCUT2D eigenvalue weighted by Crippen LogP contribution is 2.35. The number of rotatable bonds is 4. The van der Waals surface area contributed by atoms with Gasteiger partial charge in [0.1, 0.15) is 0 Å². The average Bonchev–Trinajstić information content (AvgIpc) is 2.74. The summed E-state index contributed by atoms with van der Waals surface area (Å²) in [5.41, 5.74) is 1.22. The number of carbonyl (C=O) groups excluding carboxylic acids is 1. The maximum Gasteiger partial charge on any atom is 0.308 e. The number of methoxy groups -OCH3 is 1. The highest BCUT2D eigenvalue weighted by Gasteiger charge is 2.35. The van der Waals surface area contributed by atoms with Crippen molar-refractivity contribution >= 4 is 23.5 Å². The Labute approximate surface area is 172 Å². The van der Waals surface area contributed by atoms with Crippen molar-refractivity contribution in [2.45, 2.75) is 31.1 Å². The van der Waals surface area contributed by atoms with Crippen molar-refractivity contribution < 1.29 is 14.3 Å². The molecule has 154 valence electrons. The number of esters is 1. The molecule has 1 aromatic rings. The summed E-state index contributed by atoms with van der Waals surface area (Å²) < 4.78 is 10.5. The summed E-state index contributed by atoms with van der Waals surface area (Å²) >= 11 is 6.27. The maximum atomic E-state index is 11.8. The Morgan fingerprint density at radius 3 is 2.68 bits per heavy atom. The van der Waals surface area contributed by atoms with Crippen LogP contribution in [0.3, 0.4) is 0 Å². The number of benzene rings is 1. The van der Waals surface area contributed by atoms with E-state index in [1.165, 1.54) is 12.7 Å². The lowest BCUT2D eigenvalue weighted by molar-refractivity contribution is -0.146. The molecule has 3 rings (SSSR count). The minimum Gasteiger partial charge on any atom is -0.469 e. The first-order valence-electron chi connectivity index (χ1n) is 9.95. The van der Waals surface area contributed by atoms with E-state index in [9.17, 15) is 4.79 Å². The van der Waals surface area contributed by atoms with Gasteiger partial charge in [0.25, 0.3) is 0 Å². The van der Waals surface area contributed by atoms with Crippen molar-refractivity contribution in [3.05, 3.63) is 34.9 Å². The molecule has 0 amide bonds. The zero-order chi connectivity index (χ0) is 20.0. The second-order valence-corrected chi connectivity index (χ2v) is 8.02. The van der Waals surface area contributed by atoms with Gasteiger partial charge < -0.3 is 19.7 Å². The van der Waals surface area contributed by atoms with E-state index in [-0.39, 0.29) is 17.3 Å². The van der Waals surface area contributed by atoms with Crippen molar-refractivity contribution in [1.82, 2.24) is 10.2 Å². The van der Waals surface area contributed by atoms with Gasteiger partial charge in [-0.3, -0.25) is 9.79 Å². The number of hydrogen-bond donors (Lipinski definition) is 1. The van der Waals surface area contributed by atoms with Gasteiger partial charge in [-0.05, 0) is 43.4 Å². The van der Waals surface area contributed by atoms with Crippen molar-refractivity contribution in [3.8, 4) is 0 Å². The van der Waals surface area contributed by atoms with E-state index in [4.69, 9.17) is 21.1 Å². The largest absolute Gasteiger partial charge is 0.469 e. The molecular formula is C21H30ClN3O3. The summed E-state index contributed by atoms with van der Waals surface area (Å²) in [4.78, 5) is 18.5. The van der Waals surface area contributed by atoms with Crippen molar-refractivity contribution in [2.75, 3.05) is 47.0 Å². The normalized spacial score (nSPS) is 20.7. The fourth-order valence-electron chi connectivity index (χ4n) is 4.22. The lowest BCUT2D eigenvalue weighted by Crippen LogP contribution is -2.51. The maximum absolute atomic E-state index is 11.8. The molecule has 2 aliphatic rings. The monoisotopic (exact) mass is 407 g/mol. The predicted molar refractivity (Wildman–Crippen MR) is 111 cm³/mol. The molecule has 28 heavy (non-hydrogen) atoms. The minimum absolute atomic E-state index is 0.00680. The molecule has 0 aliphatic carbocycles. The summed E-state index contributed by atoms with van der Waals surface area (Å²) in [5, 5.41) is 4.35. The molecule has 0 spiro atoms. The molecule has 6 nitrogen and oxygen atoms in total. The van der Waals surface area contributed by atoms with Crippen LogP contribution >= 0.6 is 11.6 Å². The van der Waals surface area contributed by atoms with E-state index >= 15 is 0 Å². The number of carbonyl (C=O) groups is 1. The number of likely N-dealkylation sites (tertiary alicyclic amines) is 1. The molecule has 2 aliphatic heterocycles. The van der Waals surface area contributed by atoms with Gasteiger partial charge >= 0.3 is 5.97 Å². The Kier molecular flexibility index (Phi) is 7.18. The van der Waals surface area contributed by atoms with Gasteiger partial charge in [0.15, 0.2) is 5.96 Å². The minimum atomic E-state index is -0.107. The second-order valence-electron chi connectivity index (χ2n) is 7.59. The molecule has 2 fully saturated rings. The van der Waals surface area contributed by atoms with E-state index < -0.39 is 0 Å². The van der Waals surface area contributed by atoms with E-state index in [1.807, 2.05) is 19.2 Å². The molecule has 0 saturated carbocycles. The van der Waals surface area contributed by atoms with Crippen molar-refractivity contribution in [3.63, 3.8) is 0 Å². The third-order valence-corrected chi connectivity index (χ3v) is 6.25. The van der Waals surface area contributed by atoms with Crippen LogP contribution < -0.4 is 5.32 Å². The quantitative estimate of drug-likeness (QED) is 0.472. The third-order valence-electron chi connectivity index (χ3n) is 6.01. The van der Waals surface area contributed by atoms with Gasteiger partial charge in [-0.25, -0.2) is 0 Å². The van der Waals surface area contributed by atoms with Crippen molar-refractivity contribution in [1.29, 1.82) is 0 Å². The summed E-state index contributed by atoms with van der Waals surface area (Å²) in [6, 6.07) is 8.15. The van der Waals surface area contributed by atoms with Gasteiger partial charge in [0, 0.05) is 50.3 Å². The van der Waals surface area contributed by atoms with E-state index in [2.05, 4.69) is 27.3 Å². The highest BCUT2D eigenvalue weighted by molar-refractivity contribution is 6.30. The smallest absolute Gasteiger partial charge is 0.308 e. The molecule has 0 bridgehead atoms. The number of guanidine groups is 1. The molecule has 2 saturated heterocycles. The number of aliphatic imine (C=N–C) groups is 1. The molecule has 0 radical (unpaired) electrons. The van der Waals surface area contributed by atoms with E-state index in [0.717, 1.165) is 69.5 Å². The molecular weight excluding hydrogens is 378 g/mol. The van der Waals surface area contributed by atoms with Crippen LogP contribution in [0.2, 0.25) is 5.02 Å². The number of nitrogens with one attached hydrogen (secondary N) is 1. The summed E-state index contributed by atoms with van der Waals surface area (Å²) in [7, 11) is 3.27. The Balaban J connectivity index is 1.66. The Hall–Kier alpha value is -1.79. The summed E-state index contributed by atoms with van der Waals surface area (Å²) in [6.45, 7) is 3.87. The average molecular weight is 408 g/mol. The van der Waals surface area contributed by atoms with Crippen LogP contribution in [0.15, 0.2) is 29.3 Å². The molecule has 0 atom stereocenters. The van der Waals surface area contributed by atoms with Gasteiger partial charge in [-0.15, -0.1) is 0 Å². The zero-order valence-electron chi connectivity index (χ0n) is 16.7. The van der Waals surface area contributed by atoms with Crippen molar-refractivity contribution in [2.24, 2.45) is 10.9 Å². The van der Waals surface area contributed by atoms with Gasteiger partial charge in [-0.1, -0.05) is 23.7 Å². The Morgan fingerprint density at radius 2 is 2.07 bits per heavy atom. The van der Waals surface area contributed by atoms with Crippen LogP contribution in [-0.2, 0) is 19.7 Å². The molecule has 2 heterocycles. The van der Waals surface area contributed by atoms with Crippen LogP contribution in [0.25, 0.3) is 0 Å². The summed E-state index contributed by atoms with van der Waals surface area (Å²) in [5.74, 6) is 0.772. The standard InChI is InChI=1S/C21H30ClN3O3/c1-23-20(25-10-6-16(7-11-25)19(26)27-2)24-15-21(8-12-28-13-9-21)17-4-3-5-18(22)14-17/h3-5,14,16H,6-13,15H2,1-2H3,(H,23,24). The Morgan fingerprint density at radius 1 is 1.36 bits per heavy atom. The fraction of sp³-hybridized carbons (Fsp3) is 0.619. The molecule has 0 unspecified atom stereocenters. The fourth-order valence-corrected chi connectivity index (χ4v) is 4.41. The Bertz CT molecular complexity index is 696. The number of halogens is 1. The third kappa shape index (κ3) is 4.78. The number of nitrogens with zero attached hydrogens (tertiary/aromatic N) is 2. The van der Waals surface area contributed by atoms with Crippen LogP contribution in [0.5, 0.6) is 0 Å². The lowest BCUT2D eigenvalue weighted by atomic mass is 9.74. The zero-order valence-corrected chi connectivity index (χ0v) is 17.5. The van der Waals surface area contributed by atoms with Crippen LogP contribution in [0, 0.1) is 5.92 Å². The van der Waals surface area contributed by atoms with Gasteiger partial charge in [0.05, 0.1) is 13.0 Å². The molecule has 1 aromatic carbocycles. The van der Waals surface area contributed by atoms with Gasteiger partial charge in [-0.2, -0.15) is 0 Å². The SMILES string of the molecule is CN=C(NCC1(c2cccc(Cl)c2)CCOCC1)N1CCC(C(=O)OC)CC1. The molecule has 1 N–H and O–H groups in total. The molecule has 0 aromatic heterocycles. The van der Waals surface area contributed by atoms with Gasteiger partial charge in [0.2, 0.25) is 0 Å². The molecule has 7 heteroatoms. The lowest BCUT2D eigenvalue weighted by Gasteiger charge is -2.40. The first-order valence-corrected chi connectivity index (χ1v) is 10.3. The van der Waals surface area contributed by atoms with Crippen LogP contribution in [0.1, 0.15) is 31.2 Å².